The summed E-state index contributed by atoms with van der Waals surface area (Å²) in [5, 5.41) is 8.13. The molecule has 1 N–H and O–H groups in total. The molecule has 0 saturated carbocycles. The fourth-order valence-corrected chi connectivity index (χ4v) is 3.75. The van der Waals surface area contributed by atoms with E-state index in [0.29, 0.717) is 23.6 Å². The van der Waals surface area contributed by atoms with Crippen LogP contribution in [0.5, 0.6) is 5.75 Å². The van der Waals surface area contributed by atoms with Gasteiger partial charge in [0.25, 0.3) is 5.56 Å². The van der Waals surface area contributed by atoms with Crippen LogP contribution >= 0.6 is 0 Å². The minimum Gasteiger partial charge on any atom is -0.497 e. The van der Waals surface area contributed by atoms with Crippen molar-refractivity contribution in [2.45, 2.75) is 26.9 Å². The molecule has 1 amide bonds. The van der Waals surface area contributed by atoms with Gasteiger partial charge in [0.2, 0.25) is 5.91 Å². The van der Waals surface area contributed by atoms with E-state index in [0.717, 1.165) is 22.3 Å². The molecule has 4 aromatic rings. The maximum absolute atomic E-state index is 13.9. The number of methoxy groups -OCH3 is 1. The average Bonchev–Trinajstić information content (AvgIpc) is 3.13. The smallest absolute Gasteiger partial charge is 0.252 e. The van der Waals surface area contributed by atoms with Gasteiger partial charge in [0.05, 0.1) is 18.5 Å². The fourth-order valence-electron chi connectivity index (χ4n) is 3.75. The molecule has 8 heteroatoms. The Balaban J connectivity index is 1.68. The molecule has 7 nitrogen and oxygen atoms in total. The quantitative estimate of drug-likeness (QED) is 0.505. The van der Waals surface area contributed by atoms with Crippen LogP contribution in [0.4, 0.5) is 4.39 Å². The molecule has 0 unspecified atom stereocenters. The summed E-state index contributed by atoms with van der Waals surface area (Å²) in [5.41, 5.74) is 2.95. The zero-order valence-electron chi connectivity index (χ0n) is 18.1. The van der Waals surface area contributed by atoms with E-state index in [1.807, 2.05) is 38.1 Å². The standard InChI is InChI=1S/C24H23FN4O3/c1-15-11-22(31)28(14-21(30)26-13-17-7-9-20(32-3)10-8-17)24-23(15)16(2)27-29(24)19-6-4-5-18(25)12-19/h4-12H,13-14H2,1-3H3,(H,26,30). The van der Waals surface area contributed by atoms with E-state index in [1.165, 1.54) is 27.4 Å². The molecule has 0 bridgehead atoms. The molecule has 2 heterocycles. The van der Waals surface area contributed by atoms with Crippen LogP contribution in [0.15, 0.2) is 59.4 Å². The highest BCUT2D eigenvalue weighted by Crippen LogP contribution is 2.24. The number of aromatic nitrogens is 3. The van der Waals surface area contributed by atoms with Crippen LogP contribution in [0.3, 0.4) is 0 Å². The SMILES string of the molecule is COc1ccc(CNC(=O)Cn2c(=O)cc(C)c3c(C)nn(-c4cccc(F)c4)c32)cc1. The third-order valence-corrected chi connectivity index (χ3v) is 5.30. The van der Waals surface area contributed by atoms with Gasteiger partial charge in [0.1, 0.15) is 23.8 Å². The largest absolute Gasteiger partial charge is 0.497 e. The van der Waals surface area contributed by atoms with Crippen LogP contribution in [-0.2, 0) is 17.9 Å². The number of amides is 1. The molecule has 2 aromatic carbocycles. The average molecular weight is 434 g/mol. The fraction of sp³-hybridized carbons (Fsp3) is 0.208. The van der Waals surface area contributed by atoms with Crippen molar-refractivity contribution < 1.29 is 13.9 Å². The van der Waals surface area contributed by atoms with Gasteiger partial charge in [-0.3, -0.25) is 14.2 Å². The highest BCUT2D eigenvalue weighted by molar-refractivity contribution is 5.85. The Kier molecular flexibility index (Phi) is 5.77. The molecule has 32 heavy (non-hydrogen) atoms. The van der Waals surface area contributed by atoms with Crippen LogP contribution < -0.4 is 15.6 Å². The maximum Gasteiger partial charge on any atom is 0.252 e. The van der Waals surface area contributed by atoms with E-state index in [2.05, 4.69) is 10.4 Å². The summed E-state index contributed by atoms with van der Waals surface area (Å²) < 4.78 is 21.9. The first-order chi connectivity index (χ1) is 15.4. The van der Waals surface area contributed by atoms with Crippen LogP contribution in [0.25, 0.3) is 16.7 Å². The van der Waals surface area contributed by atoms with Crippen molar-refractivity contribution in [1.29, 1.82) is 0 Å². The zero-order valence-corrected chi connectivity index (χ0v) is 18.1. The van der Waals surface area contributed by atoms with Crippen molar-refractivity contribution in [2.75, 3.05) is 7.11 Å². The third-order valence-electron chi connectivity index (χ3n) is 5.30. The molecule has 0 spiro atoms. The Labute approximate surface area is 184 Å². The van der Waals surface area contributed by atoms with E-state index in [1.54, 1.807) is 19.2 Å². The number of hydrogen-bond acceptors (Lipinski definition) is 4. The van der Waals surface area contributed by atoms with Gasteiger partial charge in [-0.05, 0) is 55.3 Å². The molecule has 0 aliphatic rings. The highest BCUT2D eigenvalue weighted by atomic mass is 19.1. The first-order valence-electron chi connectivity index (χ1n) is 10.1. The maximum atomic E-state index is 13.9. The Bertz CT molecular complexity index is 1360. The van der Waals surface area contributed by atoms with Gasteiger partial charge in [-0.2, -0.15) is 5.10 Å². The lowest BCUT2D eigenvalue weighted by molar-refractivity contribution is -0.121. The van der Waals surface area contributed by atoms with Crippen molar-refractivity contribution in [3.05, 3.63) is 87.6 Å². The molecule has 0 radical (unpaired) electrons. The van der Waals surface area contributed by atoms with E-state index in [4.69, 9.17) is 4.74 Å². The monoisotopic (exact) mass is 434 g/mol. The first kappa shape index (κ1) is 21.3. The zero-order chi connectivity index (χ0) is 22.8. The van der Waals surface area contributed by atoms with Gasteiger partial charge in [-0.15, -0.1) is 0 Å². The molecular formula is C24H23FN4O3. The second-order valence-corrected chi connectivity index (χ2v) is 7.55. The molecule has 0 atom stereocenters. The summed E-state index contributed by atoms with van der Waals surface area (Å²) >= 11 is 0. The van der Waals surface area contributed by atoms with E-state index in [9.17, 15) is 14.0 Å². The Morgan fingerprint density at radius 1 is 1.12 bits per heavy atom. The molecule has 0 fully saturated rings. The summed E-state index contributed by atoms with van der Waals surface area (Å²) in [6.07, 6.45) is 0. The Morgan fingerprint density at radius 2 is 1.88 bits per heavy atom. The normalized spacial score (nSPS) is 11.0. The molecule has 164 valence electrons. The lowest BCUT2D eigenvalue weighted by Crippen LogP contribution is -2.32. The highest BCUT2D eigenvalue weighted by Gasteiger charge is 2.19. The number of rotatable bonds is 6. The van der Waals surface area contributed by atoms with Crippen molar-refractivity contribution in [3.8, 4) is 11.4 Å². The first-order valence-corrected chi connectivity index (χ1v) is 10.1. The van der Waals surface area contributed by atoms with Crippen LogP contribution in [0.1, 0.15) is 16.8 Å². The number of fused-ring (bicyclic) bond motifs is 1. The predicted octanol–water partition coefficient (Wildman–Crippen LogP) is 3.27. The summed E-state index contributed by atoms with van der Waals surface area (Å²) in [5.74, 6) is -0.00467. The number of ether oxygens (including phenoxy) is 1. The van der Waals surface area contributed by atoms with E-state index in [-0.39, 0.29) is 18.0 Å². The van der Waals surface area contributed by atoms with Crippen molar-refractivity contribution in [2.24, 2.45) is 0 Å². The minimum absolute atomic E-state index is 0.188. The number of nitrogens with zero attached hydrogens (tertiary/aromatic N) is 3. The number of pyridine rings is 1. The second-order valence-electron chi connectivity index (χ2n) is 7.55. The molecule has 0 aliphatic heterocycles. The number of nitrogens with one attached hydrogen (secondary N) is 1. The summed E-state index contributed by atoms with van der Waals surface area (Å²) in [4.78, 5) is 25.6. The molecule has 4 rings (SSSR count). The molecule has 0 saturated heterocycles. The van der Waals surface area contributed by atoms with Gasteiger partial charge in [-0.1, -0.05) is 18.2 Å². The van der Waals surface area contributed by atoms with Crippen LogP contribution in [0, 0.1) is 19.7 Å². The minimum atomic E-state index is -0.414. The van der Waals surface area contributed by atoms with Gasteiger partial charge in [0, 0.05) is 18.0 Å². The van der Waals surface area contributed by atoms with Crippen molar-refractivity contribution >= 4 is 16.9 Å². The molecule has 2 aromatic heterocycles. The van der Waals surface area contributed by atoms with Gasteiger partial charge in [-0.25, -0.2) is 9.07 Å². The van der Waals surface area contributed by atoms with Gasteiger partial charge >= 0.3 is 0 Å². The number of hydrogen-bond donors (Lipinski definition) is 1. The molecular weight excluding hydrogens is 411 g/mol. The Hall–Kier alpha value is -3.94. The van der Waals surface area contributed by atoms with Gasteiger partial charge < -0.3 is 10.1 Å². The third kappa shape index (κ3) is 4.12. The van der Waals surface area contributed by atoms with Gasteiger partial charge in [0.15, 0.2) is 0 Å². The summed E-state index contributed by atoms with van der Waals surface area (Å²) in [7, 11) is 1.59. The van der Waals surface area contributed by atoms with Crippen molar-refractivity contribution in [1.82, 2.24) is 19.7 Å². The predicted molar refractivity (Wildman–Crippen MR) is 120 cm³/mol. The number of halogens is 1. The summed E-state index contributed by atoms with van der Waals surface area (Å²) in [6, 6.07) is 14.8. The van der Waals surface area contributed by atoms with Crippen LogP contribution in [0.2, 0.25) is 0 Å². The topological polar surface area (TPSA) is 78.2 Å². The van der Waals surface area contributed by atoms with Crippen LogP contribution in [-0.4, -0.2) is 27.4 Å². The number of carbonyl (C=O) groups excluding carboxylic acids is 1. The summed E-state index contributed by atoms with van der Waals surface area (Å²) in [6.45, 7) is 3.77. The number of benzene rings is 2. The lowest BCUT2D eigenvalue weighted by atomic mass is 10.1. The number of carbonyl (C=O) groups is 1. The number of aryl methyl sites for hydroxylation is 2. The second kappa shape index (κ2) is 8.66. The molecule has 0 aliphatic carbocycles. The van der Waals surface area contributed by atoms with E-state index < -0.39 is 5.82 Å². The lowest BCUT2D eigenvalue weighted by Gasteiger charge is -2.13. The van der Waals surface area contributed by atoms with E-state index >= 15 is 0 Å². The van der Waals surface area contributed by atoms with Crippen molar-refractivity contribution in [3.63, 3.8) is 0 Å². The Morgan fingerprint density at radius 3 is 2.56 bits per heavy atom.